The number of halogens is 4. The molecule has 0 spiro atoms. The van der Waals surface area contributed by atoms with Crippen LogP contribution in [0.4, 0.5) is 13.2 Å². The second-order valence-corrected chi connectivity index (χ2v) is 7.24. The zero-order valence-electron chi connectivity index (χ0n) is 15.6. The molecule has 0 aromatic heterocycles. The minimum absolute atomic E-state index is 0. The number of carbonyl (C=O) groups is 1. The molecular weight excluding hydrogens is 385 g/mol. The maximum Gasteiger partial charge on any atom is 0.416 e. The van der Waals surface area contributed by atoms with Crippen LogP contribution < -0.4 is 15.4 Å². The molecule has 1 unspecified atom stereocenters. The molecule has 0 saturated carbocycles. The van der Waals surface area contributed by atoms with Gasteiger partial charge in [-0.1, -0.05) is 6.07 Å². The first-order valence-corrected chi connectivity index (χ1v) is 8.51. The summed E-state index contributed by atoms with van der Waals surface area (Å²) in [6, 6.07) is 3.68. The van der Waals surface area contributed by atoms with Gasteiger partial charge in [0, 0.05) is 25.6 Å². The summed E-state index contributed by atoms with van der Waals surface area (Å²) >= 11 is 0. The second kappa shape index (κ2) is 9.61. The smallest absolute Gasteiger partial charge is 0.416 e. The van der Waals surface area contributed by atoms with Crippen molar-refractivity contribution >= 4 is 18.3 Å². The van der Waals surface area contributed by atoms with Gasteiger partial charge in [0.2, 0.25) is 5.91 Å². The van der Waals surface area contributed by atoms with Crippen LogP contribution in [0.1, 0.15) is 38.3 Å². The monoisotopic (exact) mass is 410 g/mol. The molecule has 1 aliphatic rings. The zero-order valence-corrected chi connectivity index (χ0v) is 16.4. The van der Waals surface area contributed by atoms with Gasteiger partial charge >= 0.3 is 6.18 Å². The molecule has 1 aromatic rings. The van der Waals surface area contributed by atoms with Crippen molar-refractivity contribution < 1.29 is 27.4 Å². The van der Waals surface area contributed by atoms with Crippen molar-refractivity contribution in [2.24, 2.45) is 0 Å². The summed E-state index contributed by atoms with van der Waals surface area (Å²) in [7, 11) is 0. The van der Waals surface area contributed by atoms with Crippen LogP contribution in [0, 0.1) is 0 Å². The molecule has 1 fully saturated rings. The minimum Gasteiger partial charge on any atom is -0.488 e. The zero-order chi connectivity index (χ0) is 19.4. The van der Waals surface area contributed by atoms with Gasteiger partial charge in [-0.05, 0) is 38.5 Å². The number of hydrogen-bond acceptors (Lipinski definition) is 4. The fourth-order valence-electron chi connectivity index (χ4n) is 2.63. The van der Waals surface area contributed by atoms with Gasteiger partial charge in [-0.15, -0.1) is 12.4 Å². The van der Waals surface area contributed by atoms with E-state index in [9.17, 15) is 18.0 Å². The van der Waals surface area contributed by atoms with Crippen molar-refractivity contribution in [3.05, 3.63) is 29.3 Å². The summed E-state index contributed by atoms with van der Waals surface area (Å²) in [6.45, 7) is 6.75. The van der Waals surface area contributed by atoms with Crippen LogP contribution in [0.15, 0.2) is 18.2 Å². The van der Waals surface area contributed by atoms with E-state index in [1.807, 2.05) is 0 Å². The molecule has 1 heterocycles. The fraction of sp³-hybridized carbons (Fsp3) is 0.611. The van der Waals surface area contributed by atoms with Crippen molar-refractivity contribution in [3.63, 3.8) is 0 Å². The third-order valence-electron chi connectivity index (χ3n) is 3.72. The Morgan fingerprint density at radius 3 is 2.59 bits per heavy atom. The number of nitrogens with one attached hydrogen (secondary N) is 2. The molecule has 1 aliphatic heterocycles. The van der Waals surface area contributed by atoms with Crippen molar-refractivity contribution in [1.29, 1.82) is 0 Å². The topological polar surface area (TPSA) is 59.6 Å². The molecule has 0 bridgehead atoms. The van der Waals surface area contributed by atoms with Gasteiger partial charge in [0.05, 0.1) is 18.8 Å². The first kappa shape index (κ1) is 23.5. The van der Waals surface area contributed by atoms with E-state index in [0.717, 1.165) is 6.07 Å². The normalized spacial score (nSPS) is 17.8. The van der Waals surface area contributed by atoms with Crippen LogP contribution in [-0.4, -0.2) is 37.3 Å². The van der Waals surface area contributed by atoms with Crippen molar-refractivity contribution in [2.45, 2.75) is 51.6 Å². The molecule has 1 aromatic carbocycles. The highest BCUT2D eigenvalue weighted by Gasteiger charge is 2.34. The number of hydrogen-bond donors (Lipinski definition) is 2. The molecule has 0 radical (unpaired) electrons. The molecule has 1 atom stereocenters. The van der Waals surface area contributed by atoms with Gasteiger partial charge in [0.15, 0.2) is 0 Å². The molecule has 5 nitrogen and oxygen atoms in total. The quantitative estimate of drug-likeness (QED) is 0.782. The molecule has 1 saturated heterocycles. The van der Waals surface area contributed by atoms with E-state index >= 15 is 0 Å². The average Bonchev–Trinajstić information content (AvgIpc) is 2.52. The van der Waals surface area contributed by atoms with E-state index in [-0.39, 0.29) is 48.6 Å². The SMILES string of the molecule is CC(C)(C)Oc1ccc(CNC(=O)CC2COCCN2)c(C(F)(F)F)c1.Cl. The van der Waals surface area contributed by atoms with Crippen LogP contribution in [0.5, 0.6) is 5.75 Å². The summed E-state index contributed by atoms with van der Waals surface area (Å²) in [5, 5.41) is 5.68. The molecule has 2 N–H and O–H groups in total. The van der Waals surface area contributed by atoms with Crippen molar-refractivity contribution in [2.75, 3.05) is 19.8 Å². The van der Waals surface area contributed by atoms with E-state index in [2.05, 4.69) is 10.6 Å². The molecule has 9 heteroatoms. The molecule has 1 amide bonds. The van der Waals surface area contributed by atoms with E-state index in [4.69, 9.17) is 9.47 Å². The summed E-state index contributed by atoms with van der Waals surface area (Å²) < 4.78 is 50.9. The third-order valence-corrected chi connectivity index (χ3v) is 3.72. The standard InChI is InChI=1S/C18H25F3N2O3.ClH/c1-17(2,3)26-14-5-4-12(15(9-14)18(19,20)21)10-23-16(24)8-13-11-25-7-6-22-13;/h4-5,9,13,22H,6-8,10-11H2,1-3H3,(H,23,24);1H. The molecule has 154 valence electrons. The number of carbonyl (C=O) groups excluding carboxylic acids is 1. The fourth-order valence-corrected chi connectivity index (χ4v) is 2.63. The Bertz CT molecular complexity index is 627. The lowest BCUT2D eigenvalue weighted by Crippen LogP contribution is -2.44. The number of alkyl halides is 3. The number of amides is 1. The maximum absolute atomic E-state index is 13.4. The van der Waals surface area contributed by atoms with Crippen molar-refractivity contribution in [3.8, 4) is 5.75 Å². The van der Waals surface area contributed by atoms with Crippen LogP contribution in [-0.2, 0) is 22.3 Å². The minimum atomic E-state index is -4.53. The Labute approximate surface area is 163 Å². The summed E-state index contributed by atoms with van der Waals surface area (Å²) in [5.41, 5.74) is -1.41. The Kier molecular flexibility index (Phi) is 8.38. The van der Waals surface area contributed by atoms with Gasteiger partial charge in [-0.3, -0.25) is 4.79 Å². The lowest BCUT2D eigenvalue weighted by atomic mass is 10.1. The predicted molar refractivity (Wildman–Crippen MR) is 98.1 cm³/mol. The summed E-state index contributed by atoms with van der Waals surface area (Å²) in [6.07, 6.45) is -4.37. The average molecular weight is 411 g/mol. The van der Waals surface area contributed by atoms with Gasteiger partial charge < -0.3 is 20.1 Å². The highest BCUT2D eigenvalue weighted by molar-refractivity contribution is 5.85. The number of rotatable bonds is 5. The lowest BCUT2D eigenvalue weighted by molar-refractivity contribution is -0.138. The lowest BCUT2D eigenvalue weighted by Gasteiger charge is -2.24. The second-order valence-electron chi connectivity index (χ2n) is 7.24. The summed E-state index contributed by atoms with van der Waals surface area (Å²) in [5.74, 6) is -0.181. The first-order chi connectivity index (χ1) is 12.0. The third kappa shape index (κ3) is 7.94. The Balaban J connectivity index is 0.00000364. The van der Waals surface area contributed by atoms with Gasteiger partial charge in [-0.25, -0.2) is 0 Å². The maximum atomic E-state index is 13.4. The molecule has 2 rings (SSSR count). The largest absolute Gasteiger partial charge is 0.488 e. The number of benzene rings is 1. The van der Waals surface area contributed by atoms with Gasteiger partial charge in [0.25, 0.3) is 0 Å². The van der Waals surface area contributed by atoms with E-state index in [1.54, 1.807) is 20.8 Å². The molecule has 27 heavy (non-hydrogen) atoms. The predicted octanol–water partition coefficient (Wildman–Crippen LogP) is 3.30. The Morgan fingerprint density at radius 2 is 2.04 bits per heavy atom. The number of ether oxygens (including phenoxy) is 2. The van der Waals surface area contributed by atoms with E-state index in [1.165, 1.54) is 12.1 Å². The molecule has 0 aliphatic carbocycles. The van der Waals surface area contributed by atoms with Crippen LogP contribution in [0.25, 0.3) is 0 Å². The molecular formula is C18H26ClF3N2O3. The first-order valence-electron chi connectivity index (χ1n) is 8.51. The van der Waals surface area contributed by atoms with Crippen LogP contribution >= 0.6 is 12.4 Å². The van der Waals surface area contributed by atoms with Crippen molar-refractivity contribution in [1.82, 2.24) is 10.6 Å². The highest BCUT2D eigenvalue weighted by Crippen LogP contribution is 2.35. The van der Waals surface area contributed by atoms with Crippen LogP contribution in [0.2, 0.25) is 0 Å². The van der Waals surface area contributed by atoms with Gasteiger partial charge in [0.1, 0.15) is 11.4 Å². The summed E-state index contributed by atoms with van der Waals surface area (Å²) in [4.78, 5) is 12.0. The Morgan fingerprint density at radius 1 is 1.33 bits per heavy atom. The van der Waals surface area contributed by atoms with Gasteiger partial charge in [-0.2, -0.15) is 13.2 Å². The Hall–Kier alpha value is -1.51. The van der Waals surface area contributed by atoms with E-state index < -0.39 is 17.3 Å². The highest BCUT2D eigenvalue weighted by atomic mass is 35.5. The van der Waals surface area contributed by atoms with E-state index in [0.29, 0.717) is 19.8 Å². The number of morpholine rings is 1. The van der Waals surface area contributed by atoms with Crippen LogP contribution in [0.3, 0.4) is 0 Å².